The minimum absolute atomic E-state index is 0.0607. The minimum atomic E-state index is -1.18. The topological polar surface area (TPSA) is 111 Å². The summed E-state index contributed by atoms with van der Waals surface area (Å²) in [4.78, 5) is 40.5. The number of para-hydroxylation sites is 2. The van der Waals surface area contributed by atoms with Crippen molar-refractivity contribution < 1.29 is 19.5 Å². The summed E-state index contributed by atoms with van der Waals surface area (Å²) in [6.45, 7) is 0. The number of carbonyl (C=O) groups is 3. The first-order chi connectivity index (χ1) is 15.9. The summed E-state index contributed by atoms with van der Waals surface area (Å²) in [6, 6.07) is 21.2. The van der Waals surface area contributed by atoms with Gasteiger partial charge in [0.2, 0.25) is 0 Å². The summed E-state index contributed by atoms with van der Waals surface area (Å²) in [6.07, 6.45) is 0.0607. The van der Waals surface area contributed by atoms with Crippen molar-refractivity contribution >= 4 is 46.0 Å². The molecule has 1 heterocycles. The first kappa shape index (κ1) is 22.1. The molecule has 0 saturated carbocycles. The summed E-state index contributed by atoms with van der Waals surface area (Å²) in [7, 11) is 0. The number of aromatic amines is 1. The van der Waals surface area contributed by atoms with Gasteiger partial charge in [0.1, 0.15) is 11.7 Å². The standard InChI is InChI=1S/C25H20ClN3O4/c26-17-8-5-6-15(12-17)13-22(25(32)33)29-23(30)18-9-2-4-11-20(18)28-24(31)21-14-16-7-1-3-10-19(16)27-21/h1-12,14,22,27H,13H2,(H,28,31)(H,29,30)(H,32,33). The Bertz CT molecular complexity index is 1320. The number of carboxylic acids is 1. The fraction of sp³-hybridized carbons (Fsp3) is 0.0800. The molecule has 0 saturated heterocycles. The zero-order chi connectivity index (χ0) is 23.4. The number of hydrogen-bond acceptors (Lipinski definition) is 3. The molecule has 1 unspecified atom stereocenters. The van der Waals surface area contributed by atoms with Gasteiger partial charge in [0.05, 0.1) is 11.3 Å². The first-order valence-electron chi connectivity index (χ1n) is 10.2. The fourth-order valence-electron chi connectivity index (χ4n) is 3.51. The molecule has 8 heteroatoms. The number of H-pyrrole nitrogens is 1. The highest BCUT2D eigenvalue weighted by atomic mass is 35.5. The van der Waals surface area contributed by atoms with E-state index in [1.807, 2.05) is 24.3 Å². The van der Waals surface area contributed by atoms with Crippen molar-refractivity contribution in [2.45, 2.75) is 12.5 Å². The maximum Gasteiger partial charge on any atom is 0.326 e. The van der Waals surface area contributed by atoms with Crippen LogP contribution in [0.25, 0.3) is 10.9 Å². The highest BCUT2D eigenvalue weighted by molar-refractivity contribution is 6.30. The number of aliphatic carboxylic acids is 1. The number of amides is 2. The quantitative estimate of drug-likeness (QED) is 0.324. The molecular formula is C25H20ClN3O4. The van der Waals surface area contributed by atoms with Crippen molar-refractivity contribution in [2.75, 3.05) is 5.32 Å². The lowest BCUT2D eigenvalue weighted by molar-refractivity contribution is -0.139. The summed E-state index contributed by atoms with van der Waals surface area (Å²) < 4.78 is 0. The molecule has 1 aromatic heterocycles. The Hall–Kier alpha value is -4.10. The largest absolute Gasteiger partial charge is 0.480 e. The zero-order valence-electron chi connectivity index (χ0n) is 17.3. The maximum absolute atomic E-state index is 12.9. The van der Waals surface area contributed by atoms with Gasteiger partial charge in [-0.1, -0.05) is 54.1 Å². The third kappa shape index (κ3) is 5.22. The van der Waals surface area contributed by atoms with Gasteiger partial charge in [0, 0.05) is 22.3 Å². The normalized spacial score (nSPS) is 11.7. The van der Waals surface area contributed by atoms with Crippen molar-refractivity contribution in [2.24, 2.45) is 0 Å². The predicted octanol–water partition coefficient (Wildman–Crippen LogP) is 4.50. The van der Waals surface area contributed by atoms with Crippen molar-refractivity contribution in [3.63, 3.8) is 0 Å². The number of nitrogens with one attached hydrogen (secondary N) is 3. The predicted molar refractivity (Wildman–Crippen MR) is 127 cm³/mol. The van der Waals surface area contributed by atoms with E-state index in [2.05, 4.69) is 15.6 Å². The van der Waals surface area contributed by atoms with Crippen LogP contribution in [-0.2, 0) is 11.2 Å². The van der Waals surface area contributed by atoms with E-state index in [9.17, 15) is 19.5 Å². The molecule has 33 heavy (non-hydrogen) atoms. The van der Waals surface area contributed by atoms with E-state index in [4.69, 9.17) is 11.6 Å². The van der Waals surface area contributed by atoms with Gasteiger partial charge in [0.15, 0.2) is 0 Å². The second-order valence-electron chi connectivity index (χ2n) is 7.47. The highest BCUT2D eigenvalue weighted by Crippen LogP contribution is 2.19. The van der Waals surface area contributed by atoms with Gasteiger partial charge in [0.25, 0.3) is 11.8 Å². The van der Waals surface area contributed by atoms with Crippen LogP contribution in [0.15, 0.2) is 78.9 Å². The summed E-state index contributed by atoms with van der Waals surface area (Å²) in [5.74, 6) is -2.21. The molecule has 3 aromatic carbocycles. The molecule has 166 valence electrons. The molecule has 4 N–H and O–H groups in total. The van der Waals surface area contributed by atoms with Gasteiger partial charge >= 0.3 is 5.97 Å². The Kier molecular flexibility index (Phi) is 6.42. The Morgan fingerprint density at radius 3 is 2.42 bits per heavy atom. The van der Waals surface area contributed by atoms with E-state index < -0.39 is 23.8 Å². The molecule has 1 atom stereocenters. The van der Waals surface area contributed by atoms with E-state index in [0.717, 1.165) is 10.9 Å². The van der Waals surface area contributed by atoms with Crippen LogP contribution in [0.2, 0.25) is 5.02 Å². The first-order valence-corrected chi connectivity index (χ1v) is 10.5. The Balaban J connectivity index is 1.52. The number of fused-ring (bicyclic) bond motifs is 1. The number of aromatic nitrogens is 1. The van der Waals surface area contributed by atoms with Crippen LogP contribution in [0.4, 0.5) is 5.69 Å². The zero-order valence-corrected chi connectivity index (χ0v) is 18.1. The van der Waals surface area contributed by atoms with E-state index in [-0.39, 0.29) is 17.7 Å². The molecular weight excluding hydrogens is 442 g/mol. The average Bonchev–Trinajstić information content (AvgIpc) is 3.23. The SMILES string of the molecule is O=C(Nc1ccccc1C(=O)NC(Cc1cccc(Cl)c1)C(=O)O)c1cc2ccccc2[nH]1. The van der Waals surface area contributed by atoms with Gasteiger partial charge in [-0.25, -0.2) is 4.79 Å². The van der Waals surface area contributed by atoms with Gasteiger partial charge < -0.3 is 20.7 Å². The molecule has 0 fully saturated rings. The minimum Gasteiger partial charge on any atom is -0.480 e. The second-order valence-corrected chi connectivity index (χ2v) is 7.90. The number of benzene rings is 3. The number of hydrogen-bond donors (Lipinski definition) is 4. The summed E-state index contributed by atoms with van der Waals surface area (Å²) in [5, 5.41) is 16.2. The average molecular weight is 462 g/mol. The molecule has 7 nitrogen and oxygen atoms in total. The number of rotatable bonds is 7. The van der Waals surface area contributed by atoms with Crippen LogP contribution in [0.5, 0.6) is 0 Å². The van der Waals surface area contributed by atoms with E-state index in [1.165, 1.54) is 6.07 Å². The number of carbonyl (C=O) groups excluding carboxylic acids is 2. The van der Waals surface area contributed by atoms with Gasteiger partial charge in [-0.15, -0.1) is 0 Å². The van der Waals surface area contributed by atoms with Gasteiger partial charge in [-0.05, 0) is 42.0 Å². The third-order valence-corrected chi connectivity index (χ3v) is 5.36. The van der Waals surface area contributed by atoms with Crippen molar-refractivity contribution in [1.82, 2.24) is 10.3 Å². The Labute approximate surface area is 194 Å². The van der Waals surface area contributed by atoms with Crippen LogP contribution < -0.4 is 10.6 Å². The third-order valence-electron chi connectivity index (χ3n) is 5.13. The van der Waals surface area contributed by atoms with Crippen molar-refractivity contribution in [1.29, 1.82) is 0 Å². The van der Waals surface area contributed by atoms with Crippen molar-refractivity contribution in [3.8, 4) is 0 Å². The monoisotopic (exact) mass is 461 g/mol. The molecule has 2 amide bonds. The molecule has 0 spiro atoms. The molecule has 4 rings (SSSR count). The Morgan fingerprint density at radius 2 is 1.67 bits per heavy atom. The number of carboxylic acid groups (broad SMARTS) is 1. The van der Waals surface area contributed by atoms with Crippen LogP contribution in [-0.4, -0.2) is 33.9 Å². The van der Waals surface area contributed by atoms with Crippen LogP contribution in [0, 0.1) is 0 Å². The van der Waals surface area contributed by atoms with Gasteiger partial charge in [-0.3, -0.25) is 9.59 Å². The lowest BCUT2D eigenvalue weighted by Gasteiger charge is -2.16. The van der Waals surface area contributed by atoms with E-state index >= 15 is 0 Å². The van der Waals surface area contributed by atoms with E-state index in [1.54, 1.807) is 48.5 Å². The molecule has 4 aromatic rings. The van der Waals surface area contributed by atoms with Crippen LogP contribution in [0.3, 0.4) is 0 Å². The van der Waals surface area contributed by atoms with E-state index in [0.29, 0.717) is 16.3 Å². The second kappa shape index (κ2) is 9.58. The fourth-order valence-corrected chi connectivity index (χ4v) is 3.72. The Morgan fingerprint density at radius 1 is 0.909 bits per heavy atom. The van der Waals surface area contributed by atoms with Crippen molar-refractivity contribution in [3.05, 3.63) is 101 Å². The molecule has 0 aliphatic carbocycles. The maximum atomic E-state index is 12.9. The molecule has 0 radical (unpaired) electrons. The number of anilines is 1. The lowest BCUT2D eigenvalue weighted by Crippen LogP contribution is -2.42. The van der Waals surface area contributed by atoms with Crippen LogP contribution in [0.1, 0.15) is 26.4 Å². The molecule has 0 aliphatic rings. The smallest absolute Gasteiger partial charge is 0.326 e. The summed E-state index contributed by atoms with van der Waals surface area (Å²) in [5.41, 5.74) is 2.26. The lowest BCUT2D eigenvalue weighted by atomic mass is 10.0. The van der Waals surface area contributed by atoms with Gasteiger partial charge in [-0.2, -0.15) is 0 Å². The molecule has 0 aliphatic heterocycles. The number of halogens is 1. The molecule has 0 bridgehead atoms. The van der Waals surface area contributed by atoms with Crippen LogP contribution >= 0.6 is 11.6 Å². The summed E-state index contributed by atoms with van der Waals surface area (Å²) >= 11 is 5.98. The highest BCUT2D eigenvalue weighted by Gasteiger charge is 2.23.